The highest BCUT2D eigenvalue weighted by molar-refractivity contribution is 7.98. The van der Waals surface area contributed by atoms with E-state index in [1.807, 2.05) is 26.1 Å². The summed E-state index contributed by atoms with van der Waals surface area (Å²) in [5.74, 6) is 2.44. The first-order valence-corrected chi connectivity index (χ1v) is 6.73. The molecule has 0 bridgehead atoms. The molecule has 0 radical (unpaired) electrons. The zero-order chi connectivity index (χ0) is 13.0. The Kier molecular flexibility index (Phi) is 4.27. The van der Waals surface area contributed by atoms with E-state index in [0.29, 0.717) is 24.0 Å². The van der Waals surface area contributed by atoms with Crippen molar-refractivity contribution in [2.75, 3.05) is 7.05 Å². The third-order valence-electron chi connectivity index (χ3n) is 2.45. The van der Waals surface area contributed by atoms with Crippen molar-refractivity contribution in [1.29, 1.82) is 0 Å². The number of nitrogens with one attached hydrogen (secondary N) is 2. The number of hydrogen-bond acceptors (Lipinski definition) is 5. The largest absolute Gasteiger partial charge is 0.464 e. The lowest BCUT2D eigenvalue weighted by Gasteiger charge is -2.00. The summed E-state index contributed by atoms with van der Waals surface area (Å²) in [6.45, 7) is 3.24. The van der Waals surface area contributed by atoms with Crippen molar-refractivity contribution < 1.29 is 4.42 Å². The zero-order valence-electron chi connectivity index (χ0n) is 10.4. The molecule has 2 N–H and O–H groups in total. The molecule has 98 valence electrons. The lowest BCUT2D eigenvalue weighted by atomic mass is 10.4. The normalized spacial score (nSPS) is 11.0. The quantitative estimate of drug-likeness (QED) is 0.770. The van der Waals surface area contributed by atoms with E-state index in [9.17, 15) is 4.79 Å². The molecule has 2 aromatic rings. The van der Waals surface area contributed by atoms with Crippen LogP contribution in [0.15, 0.2) is 26.5 Å². The van der Waals surface area contributed by atoms with Gasteiger partial charge >= 0.3 is 5.69 Å². The van der Waals surface area contributed by atoms with Gasteiger partial charge in [0, 0.05) is 6.54 Å². The van der Waals surface area contributed by atoms with Crippen LogP contribution in [0.5, 0.6) is 0 Å². The number of nitrogens with zero attached hydrogens (tertiary/aromatic N) is 2. The van der Waals surface area contributed by atoms with Gasteiger partial charge in [-0.2, -0.15) is 0 Å². The molecule has 0 aliphatic carbocycles. The smallest absolute Gasteiger partial charge is 0.343 e. The van der Waals surface area contributed by atoms with Crippen LogP contribution in [0.25, 0.3) is 0 Å². The summed E-state index contributed by atoms with van der Waals surface area (Å²) in [5, 5.41) is 10.1. The van der Waals surface area contributed by atoms with E-state index in [-0.39, 0.29) is 5.69 Å². The zero-order valence-corrected chi connectivity index (χ0v) is 11.2. The van der Waals surface area contributed by atoms with Gasteiger partial charge in [0.25, 0.3) is 0 Å². The van der Waals surface area contributed by atoms with Crippen molar-refractivity contribution in [2.45, 2.75) is 30.9 Å². The molecule has 2 aromatic heterocycles. The second kappa shape index (κ2) is 5.92. The Morgan fingerprint density at radius 2 is 2.28 bits per heavy atom. The van der Waals surface area contributed by atoms with Crippen molar-refractivity contribution >= 4 is 11.8 Å². The van der Waals surface area contributed by atoms with Crippen LogP contribution in [0.3, 0.4) is 0 Å². The fourth-order valence-corrected chi connectivity index (χ4v) is 2.50. The van der Waals surface area contributed by atoms with Crippen molar-refractivity contribution in [2.24, 2.45) is 0 Å². The van der Waals surface area contributed by atoms with E-state index >= 15 is 0 Å². The molecular formula is C11H16N4O2S. The van der Waals surface area contributed by atoms with Gasteiger partial charge in [-0.05, 0) is 26.1 Å². The Morgan fingerprint density at radius 3 is 3.00 bits per heavy atom. The molecule has 0 unspecified atom stereocenters. The van der Waals surface area contributed by atoms with Gasteiger partial charge in [0.15, 0.2) is 5.16 Å². The molecule has 0 fully saturated rings. The molecule has 7 heteroatoms. The highest BCUT2D eigenvalue weighted by atomic mass is 32.2. The first-order valence-electron chi connectivity index (χ1n) is 5.74. The summed E-state index contributed by atoms with van der Waals surface area (Å²) in [6.07, 6.45) is 0. The van der Waals surface area contributed by atoms with Crippen molar-refractivity contribution in [3.05, 3.63) is 34.1 Å². The maximum Gasteiger partial charge on any atom is 0.343 e. The molecule has 0 saturated heterocycles. The van der Waals surface area contributed by atoms with Gasteiger partial charge in [-0.1, -0.05) is 11.8 Å². The molecule has 0 aromatic carbocycles. The Bertz CT molecular complexity index is 557. The fraction of sp³-hybridized carbons (Fsp3) is 0.455. The molecule has 2 heterocycles. The van der Waals surface area contributed by atoms with E-state index in [4.69, 9.17) is 4.42 Å². The third kappa shape index (κ3) is 2.85. The Morgan fingerprint density at radius 1 is 1.50 bits per heavy atom. The van der Waals surface area contributed by atoms with Gasteiger partial charge in [0.1, 0.15) is 11.5 Å². The second-order valence-corrected chi connectivity index (χ2v) is 4.69. The highest BCUT2D eigenvalue weighted by Gasteiger charge is 2.09. The summed E-state index contributed by atoms with van der Waals surface area (Å²) in [7, 11) is 1.88. The van der Waals surface area contributed by atoms with Gasteiger partial charge in [0.05, 0.1) is 12.3 Å². The highest BCUT2D eigenvalue weighted by Crippen LogP contribution is 2.21. The molecule has 18 heavy (non-hydrogen) atoms. The molecule has 0 aliphatic heterocycles. The van der Waals surface area contributed by atoms with Crippen molar-refractivity contribution in [3.63, 3.8) is 0 Å². The summed E-state index contributed by atoms with van der Waals surface area (Å²) in [4.78, 5) is 11.4. The predicted molar refractivity (Wildman–Crippen MR) is 69.6 cm³/mol. The number of thioether (sulfide) groups is 1. The van der Waals surface area contributed by atoms with Gasteiger partial charge in [-0.3, -0.25) is 4.57 Å². The summed E-state index contributed by atoms with van der Waals surface area (Å²) < 4.78 is 7.22. The molecule has 6 nitrogen and oxygen atoms in total. The van der Waals surface area contributed by atoms with Crippen molar-refractivity contribution in [3.8, 4) is 0 Å². The van der Waals surface area contributed by atoms with Gasteiger partial charge < -0.3 is 9.73 Å². The van der Waals surface area contributed by atoms with E-state index < -0.39 is 0 Å². The average molecular weight is 268 g/mol. The number of H-pyrrole nitrogens is 1. The maximum absolute atomic E-state index is 11.4. The predicted octanol–water partition coefficient (Wildman–Crippen LogP) is 1.20. The van der Waals surface area contributed by atoms with Crippen LogP contribution < -0.4 is 11.0 Å². The van der Waals surface area contributed by atoms with E-state index in [1.165, 1.54) is 11.8 Å². The van der Waals surface area contributed by atoms with Gasteiger partial charge in [-0.25, -0.2) is 9.89 Å². The van der Waals surface area contributed by atoms with Crippen LogP contribution in [-0.2, 0) is 18.8 Å². The first-order chi connectivity index (χ1) is 8.74. The number of rotatable bonds is 6. The Hall–Kier alpha value is -1.47. The summed E-state index contributed by atoms with van der Waals surface area (Å²) >= 11 is 1.48. The summed E-state index contributed by atoms with van der Waals surface area (Å²) in [5.41, 5.74) is -0.171. The summed E-state index contributed by atoms with van der Waals surface area (Å²) in [6, 6.07) is 3.89. The average Bonchev–Trinajstić information content (AvgIpc) is 2.94. The third-order valence-corrected chi connectivity index (χ3v) is 3.45. The molecular weight excluding hydrogens is 252 g/mol. The van der Waals surface area contributed by atoms with Crippen LogP contribution in [0, 0.1) is 0 Å². The minimum Gasteiger partial charge on any atom is -0.464 e. The van der Waals surface area contributed by atoms with Crippen LogP contribution in [0.4, 0.5) is 0 Å². The molecule has 2 rings (SSSR count). The minimum atomic E-state index is -0.171. The first kappa shape index (κ1) is 13.0. The van der Waals surface area contributed by atoms with Crippen LogP contribution in [-0.4, -0.2) is 21.8 Å². The molecule has 0 saturated carbocycles. The monoisotopic (exact) mass is 268 g/mol. The SMILES string of the molecule is CCn1c(SCc2ccc(CNC)o2)n[nH]c1=O. The van der Waals surface area contributed by atoms with Gasteiger partial charge in [0.2, 0.25) is 0 Å². The lowest BCUT2D eigenvalue weighted by molar-refractivity contribution is 0.468. The number of hydrogen-bond donors (Lipinski definition) is 2. The fourth-order valence-electron chi connectivity index (χ4n) is 1.60. The molecule has 0 aliphatic rings. The van der Waals surface area contributed by atoms with Gasteiger partial charge in [-0.15, -0.1) is 5.10 Å². The van der Waals surface area contributed by atoms with Crippen LogP contribution >= 0.6 is 11.8 Å². The molecule has 0 atom stereocenters. The Balaban J connectivity index is 2.00. The number of aromatic nitrogens is 3. The number of aromatic amines is 1. The molecule has 0 spiro atoms. The van der Waals surface area contributed by atoms with E-state index in [1.54, 1.807) is 4.57 Å². The maximum atomic E-state index is 11.4. The minimum absolute atomic E-state index is 0.171. The van der Waals surface area contributed by atoms with Crippen LogP contribution in [0.2, 0.25) is 0 Å². The van der Waals surface area contributed by atoms with Crippen molar-refractivity contribution in [1.82, 2.24) is 20.1 Å². The van der Waals surface area contributed by atoms with Crippen LogP contribution in [0.1, 0.15) is 18.4 Å². The number of furan rings is 1. The standard InChI is InChI=1S/C11H16N4O2S/c1-3-15-10(16)13-14-11(15)18-7-9-5-4-8(17-9)6-12-2/h4-5,12H,3,6-7H2,1-2H3,(H,13,16). The van der Waals surface area contributed by atoms with E-state index in [0.717, 1.165) is 11.5 Å². The lowest BCUT2D eigenvalue weighted by Crippen LogP contribution is -2.16. The topological polar surface area (TPSA) is 75.8 Å². The second-order valence-electron chi connectivity index (χ2n) is 3.74. The molecule has 0 amide bonds. The Labute approximate surface area is 109 Å². The van der Waals surface area contributed by atoms with E-state index in [2.05, 4.69) is 15.5 Å².